The Hall–Kier alpha value is -1.51. The largest absolute Gasteiger partial charge is 0.481 e. The molecule has 0 fully saturated rings. The van der Waals surface area contributed by atoms with Crippen LogP contribution in [0.15, 0.2) is 18.2 Å². The summed E-state index contributed by atoms with van der Waals surface area (Å²) in [6.07, 6.45) is 0. The molecule has 0 amide bonds. The molecule has 0 saturated heterocycles. The Bertz CT molecular complexity index is 428. The van der Waals surface area contributed by atoms with Crippen LogP contribution < -0.4 is 4.90 Å². The van der Waals surface area contributed by atoms with Crippen LogP contribution in [0.4, 0.5) is 5.69 Å². The third-order valence-corrected chi connectivity index (χ3v) is 3.41. The minimum Gasteiger partial charge on any atom is -0.481 e. The minimum atomic E-state index is -0.770. The molecule has 3 heteroatoms. The highest BCUT2D eigenvalue weighted by Gasteiger charge is 2.24. The lowest BCUT2D eigenvalue weighted by Gasteiger charge is -2.14. The molecule has 3 nitrogen and oxygen atoms in total. The van der Waals surface area contributed by atoms with Crippen molar-refractivity contribution in [3.8, 4) is 0 Å². The van der Waals surface area contributed by atoms with E-state index in [0.717, 1.165) is 12.1 Å². The van der Waals surface area contributed by atoms with E-state index in [-0.39, 0.29) is 0 Å². The zero-order chi connectivity index (χ0) is 11.9. The number of hydrogen-bond acceptors (Lipinski definition) is 2. The Balaban J connectivity index is 2.40. The predicted octanol–water partition coefficient (Wildman–Crippen LogP) is 2.43. The minimum absolute atomic E-state index is 0.436. The Labute approximate surface area is 95.7 Å². The molecule has 2 rings (SSSR count). The summed E-state index contributed by atoms with van der Waals surface area (Å²) < 4.78 is 0. The van der Waals surface area contributed by atoms with Gasteiger partial charge in [0.2, 0.25) is 0 Å². The van der Waals surface area contributed by atoms with Gasteiger partial charge in [-0.15, -0.1) is 0 Å². The quantitative estimate of drug-likeness (QED) is 0.830. The number of anilines is 1. The standard InChI is InChI=1S/C13H17NO2/c1-8-7-14(3)12-6-10(4-5-11(8)12)9(2)13(15)16/h4-6,8-9H,7H2,1-3H3,(H,15,16). The average Bonchev–Trinajstić information content (AvgIpc) is 2.53. The molecule has 16 heavy (non-hydrogen) atoms. The van der Waals surface area contributed by atoms with Crippen molar-refractivity contribution in [2.75, 3.05) is 18.5 Å². The topological polar surface area (TPSA) is 40.5 Å². The van der Waals surface area contributed by atoms with E-state index in [1.807, 2.05) is 12.1 Å². The summed E-state index contributed by atoms with van der Waals surface area (Å²) in [5, 5.41) is 8.99. The number of nitrogens with zero attached hydrogens (tertiary/aromatic N) is 1. The molecule has 1 heterocycles. The second-order valence-corrected chi connectivity index (χ2v) is 4.66. The molecule has 2 atom stereocenters. The third kappa shape index (κ3) is 1.66. The second-order valence-electron chi connectivity index (χ2n) is 4.66. The van der Waals surface area contributed by atoms with Crippen LogP contribution in [0, 0.1) is 0 Å². The number of rotatable bonds is 2. The van der Waals surface area contributed by atoms with E-state index >= 15 is 0 Å². The summed E-state index contributed by atoms with van der Waals surface area (Å²) in [5.41, 5.74) is 3.38. The molecule has 0 spiro atoms. The molecule has 0 radical (unpaired) electrons. The van der Waals surface area contributed by atoms with E-state index < -0.39 is 11.9 Å². The Morgan fingerprint density at radius 1 is 1.56 bits per heavy atom. The molecule has 0 bridgehead atoms. The van der Waals surface area contributed by atoms with Gasteiger partial charge in [0, 0.05) is 25.2 Å². The average molecular weight is 219 g/mol. The summed E-state index contributed by atoms with van der Waals surface area (Å²) in [5.74, 6) is -0.669. The summed E-state index contributed by atoms with van der Waals surface area (Å²) in [6.45, 7) is 4.94. The first-order valence-electron chi connectivity index (χ1n) is 5.58. The Morgan fingerprint density at radius 3 is 2.88 bits per heavy atom. The summed E-state index contributed by atoms with van der Waals surface area (Å²) in [7, 11) is 2.05. The van der Waals surface area contributed by atoms with Gasteiger partial charge in [-0.1, -0.05) is 19.1 Å². The first-order valence-corrected chi connectivity index (χ1v) is 5.58. The van der Waals surface area contributed by atoms with Crippen molar-refractivity contribution in [1.29, 1.82) is 0 Å². The molecule has 86 valence electrons. The van der Waals surface area contributed by atoms with Crippen LogP contribution in [0.2, 0.25) is 0 Å². The maximum Gasteiger partial charge on any atom is 0.310 e. The molecule has 0 aromatic heterocycles. The van der Waals surface area contributed by atoms with Crippen molar-refractivity contribution < 1.29 is 9.90 Å². The van der Waals surface area contributed by atoms with Gasteiger partial charge in [-0.25, -0.2) is 0 Å². The molecule has 1 aromatic rings. The van der Waals surface area contributed by atoms with Crippen molar-refractivity contribution in [2.24, 2.45) is 0 Å². The van der Waals surface area contributed by atoms with Gasteiger partial charge in [0.25, 0.3) is 0 Å². The highest BCUT2D eigenvalue weighted by Crippen LogP contribution is 2.36. The lowest BCUT2D eigenvalue weighted by molar-refractivity contribution is -0.138. The molecule has 1 aromatic carbocycles. The van der Waals surface area contributed by atoms with Gasteiger partial charge in [0.15, 0.2) is 0 Å². The van der Waals surface area contributed by atoms with E-state index in [1.165, 1.54) is 11.3 Å². The molecule has 1 aliphatic rings. The van der Waals surface area contributed by atoms with Crippen LogP contribution in [0.25, 0.3) is 0 Å². The maximum atomic E-state index is 10.9. The lowest BCUT2D eigenvalue weighted by atomic mass is 9.96. The molecule has 0 aliphatic carbocycles. The van der Waals surface area contributed by atoms with Crippen molar-refractivity contribution in [2.45, 2.75) is 25.7 Å². The molecule has 1 N–H and O–H groups in total. The zero-order valence-electron chi connectivity index (χ0n) is 9.90. The summed E-state index contributed by atoms with van der Waals surface area (Å²) >= 11 is 0. The van der Waals surface area contributed by atoms with Crippen LogP contribution in [0.5, 0.6) is 0 Å². The van der Waals surface area contributed by atoms with E-state index in [4.69, 9.17) is 5.11 Å². The van der Waals surface area contributed by atoms with Gasteiger partial charge in [0.1, 0.15) is 0 Å². The Morgan fingerprint density at radius 2 is 2.25 bits per heavy atom. The van der Waals surface area contributed by atoms with Gasteiger partial charge >= 0.3 is 5.97 Å². The van der Waals surface area contributed by atoms with Crippen LogP contribution in [0.1, 0.15) is 36.8 Å². The number of hydrogen-bond donors (Lipinski definition) is 1. The fourth-order valence-corrected chi connectivity index (χ4v) is 2.33. The van der Waals surface area contributed by atoms with E-state index in [0.29, 0.717) is 5.92 Å². The van der Waals surface area contributed by atoms with E-state index in [2.05, 4.69) is 24.9 Å². The van der Waals surface area contributed by atoms with E-state index in [1.54, 1.807) is 6.92 Å². The number of carboxylic acids is 1. The van der Waals surface area contributed by atoms with Crippen molar-refractivity contribution >= 4 is 11.7 Å². The third-order valence-electron chi connectivity index (χ3n) is 3.41. The van der Waals surface area contributed by atoms with Gasteiger partial charge < -0.3 is 10.0 Å². The van der Waals surface area contributed by atoms with Crippen LogP contribution in [-0.4, -0.2) is 24.7 Å². The van der Waals surface area contributed by atoms with Gasteiger partial charge in [-0.3, -0.25) is 4.79 Å². The first-order chi connectivity index (χ1) is 7.50. The van der Waals surface area contributed by atoms with E-state index in [9.17, 15) is 4.79 Å². The molecule has 2 unspecified atom stereocenters. The fourth-order valence-electron chi connectivity index (χ4n) is 2.33. The van der Waals surface area contributed by atoms with Crippen LogP contribution in [-0.2, 0) is 4.79 Å². The molecule has 1 aliphatic heterocycles. The lowest BCUT2D eigenvalue weighted by Crippen LogP contribution is -2.14. The van der Waals surface area contributed by atoms with Gasteiger partial charge in [-0.2, -0.15) is 0 Å². The SMILES string of the molecule is CC1CN(C)c2cc(C(C)C(=O)O)ccc21. The highest BCUT2D eigenvalue weighted by molar-refractivity contribution is 5.76. The molecular weight excluding hydrogens is 202 g/mol. The normalized spacial score (nSPS) is 20.7. The molecule has 0 saturated carbocycles. The number of carboxylic acid groups (broad SMARTS) is 1. The smallest absolute Gasteiger partial charge is 0.310 e. The number of fused-ring (bicyclic) bond motifs is 1. The van der Waals surface area contributed by atoms with Crippen LogP contribution >= 0.6 is 0 Å². The zero-order valence-corrected chi connectivity index (χ0v) is 9.90. The Kier molecular flexibility index (Phi) is 2.62. The van der Waals surface area contributed by atoms with Gasteiger partial charge in [-0.05, 0) is 24.1 Å². The molecular formula is C13H17NO2. The van der Waals surface area contributed by atoms with Crippen molar-refractivity contribution in [3.05, 3.63) is 29.3 Å². The first kappa shape index (κ1) is 11.0. The van der Waals surface area contributed by atoms with Crippen molar-refractivity contribution in [1.82, 2.24) is 0 Å². The number of benzene rings is 1. The fraction of sp³-hybridized carbons (Fsp3) is 0.462. The predicted molar refractivity (Wildman–Crippen MR) is 64.2 cm³/mol. The van der Waals surface area contributed by atoms with Crippen LogP contribution in [0.3, 0.4) is 0 Å². The summed E-state index contributed by atoms with van der Waals surface area (Å²) in [4.78, 5) is 13.1. The number of carbonyl (C=O) groups is 1. The number of aliphatic carboxylic acids is 1. The monoisotopic (exact) mass is 219 g/mol. The summed E-state index contributed by atoms with van der Waals surface area (Å²) in [6, 6.07) is 6.02. The number of likely N-dealkylation sites (N-methyl/N-ethyl adjacent to an activating group) is 1. The maximum absolute atomic E-state index is 10.9. The van der Waals surface area contributed by atoms with Crippen molar-refractivity contribution in [3.63, 3.8) is 0 Å². The highest BCUT2D eigenvalue weighted by atomic mass is 16.4. The second kappa shape index (κ2) is 3.81. The van der Waals surface area contributed by atoms with Gasteiger partial charge in [0.05, 0.1) is 5.92 Å².